The molecule has 0 unspecified atom stereocenters. The van der Waals surface area contributed by atoms with Gasteiger partial charge in [0.15, 0.2) is 0 Å². The molecule has 6 heteroatoms. The van der Waals surface area contributed by atoms with Crippen LogP contribution in [0.3, 0.4) is 0 Å². The van der Waals surface area contributed by atoms with Crippen LogP contribution in [0.1, 0.15) is 25.1 Å². The Morgan fingerprint density at radius 3 is 2.54 bits per heavy atom. The molecule has 0 aromatic carbocycles. The second kappa shape index (κ2) is 7.58. The quantitative estimate of drug-likeness (QED) is 0.841. The highest BCUT2D eigenvalue weighted by molar-refractivity contribution is 5.42. The van der Waals surface area contributed by atoms with Crippen LogP contribution in [0.25, 0.3) is 0 Å². The third kappa shape index (κ3) is 3.80. The maximum atomic E-state index is 4.90. The van der Waals surface area contributed by atoms with Crippen LogP contribution in [-0.2, 0) is 13.0 Å². The Hall–Kier alpha value is -2.21. The lowest BCUT2D eigenvalue weighted by molar-refractivity contribution is 0.224. The van der Waals surface area contributed by atoms with Crippen LogP contribution >= 0.6 is 0 Å². The predicted molar refractivity (Wildman–Crippen MR) is 105 cm³/mol. The molecule has 2 aromatic rings. The van der Waals surface area contributed by atoms with E-state index >= 15 is 0 Å². The fourth-order valence-electron chi connectivity index (χ4n) is 3.87. The van der Waals surface area contributed by atoms with Crippen LogP contribution < -0.4 is 9.80 Å². The minimum absolute atomic E-state index is 0.701. The summed E-state index contributed by atoms with van der Waals surface area (Å²) < 4.78 is 0. The van der Waals surface area contributed by atoms with Gasteiger partial charge in [-0.15, -0.1) is 0 Å². The zero-order valence-electron chi connectivity index (χ0n) is 15.8. The molecule has 0 bridgehead atoms. The van der Waals surface area contributed by atoms with E-state index in [1.807, 2.05) is 18.3 Å². The fraction of sp³-hybridized carbons (Fsp3) is 0.550. The van der Waals surface area contributed by atoms with Crippen LogP contribution in [0.2, 0.25) is 0 Å². The van der Waals surface area contributed by atoms with Crippen molar-refractivity contribution < 1.29 is 0 Å². The van der Waals surface area contributed by atoms with Crippen molar-refractivity contribution in [1.29, 1.82) is 0 Å². The second-order valence-corrected chi connectivity index (χ2v) is 7.68. The maximum Gasteiger partial charge on any atom is 0.225 e. The van der Waals surface area contributed by atoms with Crippen LogP contribution in [0.4, 0.5) is 11.8 Å². The van der Waals surface area contributed by atoms with Gasteiger partial charge in [-0.3, -0.25) is 4.90 Å². The average molecular weight is 352 g/mol. The molecular weight excluding hydrogens is 324 g/mol. The largest absolute Gasteiger partial charge is 0.353 e. The van der Waals surface area contributed by atoms with E-state index in [4.69, 9.17) is 4.98 Å². The molecule has 0 N–H and O–H groups in total. The van der Waals surface area contributed by atoms with Crippen molar-refractivity contribution in [2.45, 2.75) is 26.8 Å². The summed E-state index contributed by atoms with van der Waals surface area (Å²) in [5.41, 5.74) is 2.54. The molecule has 0 amide bonds. The Kier molecular flexibility index (Phi) is 5.02. The molecular formula is C20H28N6. The molecule has 2 aromatic heterocycles. The molecule has 138 valence electrons. The van der Waals surface area contributed by atoms with Crippen molar-refractivity contribution in [2.75, 3.05) is 49.1 Å². The zero-order chi connectivity index (χ0) is 17.9. The van der Waals surface area contributed by atoms with E-state index in [-0.39, 0.29) is 0 Å². The first-order valence-corrected chi connectivity index (χ1v) is 9.67. The van der Waals surface area contributed by atoms with E-state index in [9.17, 15) is 0 Å². The number of fused-ring (bicyclic) bond motifs is 1. The molecule has 0 atom stereocenters. The van der Waals surface area contributed by atoms with Gasteiger partial charge >= 0.3 is 0 Å². The lowest BCUT2D eigenvalue weighted by Gasteiger charge is -2.36. The number of anilines is 2. The summed E-state index contributed by atoms with van der Waals surface area (Å²) in [4.78, 5) is 21.2. The molecule has 0 spiro atoms. The smallest absolute Gasteiger partial charge is 0.225 e. The van der Waals surface area contributed by atoms with Crippen LogP contribution in [0, 0.1) is 5.92 Å². The molecule has 0 saturated carbocycles. The van der Waals surface area contributed by atoms with Gasteiger partial charge in [-0.05, 0) is 18.1 Å². The topological polar surface area (TPSA) is 48.4 Å². The minimum atomic E-state index is 0.701. The molecule has 4 rings (SSSR count). The SMILES string of the molecule is CC(C)CN1CCc2nc(N3CCN(c4ccccn4)CC3)ncc2C1. The summed E-state index contributed by atoms with van der Waals surface area (Å²) in [5.74, 6) is 2.65. The van der Waals surface area contributed by atoms with Crippen molar-refractivity contribution in [3.05, 3.63) is 41.9 Å². The molecule has 6 nitrogen and oxygen atoms in total. The number of aromatic nitrogens is 3. The van der Waals surface area contributed by atoms with Gasteiger partial charge in [0, 0.05) is 70.2 Å². The van der Waals surface area contributed by atoms with Crippen molar-refractivity contribution in [3.63, 3.8) is 0 Å². The number of hydrogen-bond acceptors (Lipinski definition) is 6. The summed E-state index contributed by atoms with van der Waals surface area (Å²) in [6.07, 6.45) is 4.94. The van der Waals surface area contributed by atoms with E-state index in [2.05, 4.69) is 50.8 Å². The zero-order valence-corrected chi connectivity index (χ0v) is 15.8. The number of pyridine rings is 1. The van der Waals surface area contributed by atoms with Gasteiger partial charge in [-0.25, -0.2) is 15.0 Å². The first-order valence-electron chi connectivity index (χ1n) is 9.67. The first-order chi connectivity index (χ1) is 12.7. The average Bonchev–Trinajstić information content (AvgIpc) is 2.68. The van der Waals surface area contributed by atoms with Gasteiger partial charge < -0.3 is 9.80 Å². The summed E-state index contributed by atoms with van der Waals surface area (Å²) >= 11 is 0. The molecule has 4 heterocycles. The van der Waals surface area contributed by atoms with E-state index in [1.54, 1.807) is 0 Å². The van der Waals surface area contributed by atoms with Gasteiger partial charge in [0.25, 0.3) is 0 Å². The number of hydrogen-bond donors (Lipinski definition) is 0. The minimum Gasteiger partial charge on any atom is -0.353 e. The van der Waals surface area contributed by atoms with Crippen LogP contribution in [0.15, 0.2) is 30.6 Å². The van der Waals surface area contributed by atoms with Gasteiger partial charge in [0.2, 0.25) is 5.95 Å². The third-order valence-electron chi connectivity index (χ3n) is 5.16. The van der Waals surface area contributed by atoms with Gasteiger partial charge in [0.1, 0.15) is 5.82 Å². The van der Waals surface area contributed by atoms with Crippen LogP contribution in [-0.4, -0.2) is 59.1 Å². The third-order valence-corrected chi connectivity index (χ3v) is 5.16. The Labute approximate surface area is 155 Å². The molecule has 26 heavy (non-hydrogen) atoms. The molecule has 1 saturated heterocycles. The number of rotatable bonds is 4. The highest BCUT2D eigenvalue weighted by atomic mass is 15.3. The van der Waals surface area contributed by atoms with E-state index < -0.39 is 0 Å². The molecule has 1 fully saturated rings. The fourth-order valence-corrected chi connectivity index (χ4v) is 3.87. The lowest BCUT2D eigenvalue weighted by atomic mass is 10.1. The Balaban J connectivity index is 1.39. The highest BCUT2D eigenvalue weighted by Crippen LogP contribution is 2.21. The second-order valence-electron chi connectivity index (χ2n) is 7.68. The molecule has 0 aliphatic carbocycles. The summed E-state index contributed by atoms with van der Waals surface area (Å²) in [7, 11) is 0. The number of nitrogens with zero attached hydrogens (tertiary/aromatic N) is 6. The van der Waals surface area contributed by atoms with Crippen molar-refractivity contribution in [3.8, 4) is 0 Å². The molecule has 0 radical (unpaired) electrons. The van der Waals surface area contributed by atoms with Crippen molar-refractivity contribution in [1.82, 2.24) is 19.9 Å². The van der Waals surface area contributed by atoms with Gasteiger partial charge in [-0.2, -0.15) is 0 Å². The summed E-state index contributed by atoms with van der Waals surface area (Å²) in [6, 6.07) is 6.08. The van der Waals surface area contributed by atoms with Gasteiger partial charge in [0.05, 0.1) is 5.69 Å². The Morgan fingerprint density at radius 1 is 1.00 bits per heavy atom. The summed E-state index contributed by atoms with van der Waals surface area (Å²) in [5, 5.41) is 0. The normalized spacial score (nSPS) is 18.3. The number of piperazine rings is 1. The Bertz CT molecular complexity index is 724. The monoisotopic (exact) mass is 352 g/mol. The van der Waals surface area contributed by atoms with E-state index in [0.717, 1.165) is 64.0 Å². The van der Waals surface area contributed by atoms with Crippen molar-refractivity contribution >= 4 is 11.8 Å². The predicted octanol–water partition coefficient (Wildman–Crippen LogP) is 2.21. The lowest BCUT2D eigenvalue weighted by Crippen LogP contribution is -2.47. The molecule has 2 aliphatic heterocycles. The van der Waals surface area contributed by atoms with E-state index in [1.165, 1.54) is 11.3 Å². The first kappa shape index (κ1) is 17.2. The Morgan fingerprint density at radius 2 is 1.81 bits per heavy atom. The molecule has 2 aliphatic rings. The van der Waals surface area contributed by atoms with Crippen LogP contribution in [0.5, 0.6) is 0 Å². The van der Waals surface area contributed by atoms with E-state index in [0.29, 0.717) is 5.92 Å². The summed E-state index contributed by atoms with van der Waals surface area (Å²) in [6.45, 7) is 11.6. The maximum absolute atomic E-state index is 4.90. The van der Waals surface area contributed by atoms with Crippen molar-refractivity contribution in [2.24, 2.45) is 5.92 Å². The van der Waals surface area contributed by atoms with Gasteiger partial charge in [-0.1, -0.05) is 19.9 Å². The highest BCUT2D eigenvalue weighted by Gasteiger charge is 2.23. The standard InChI is InChI=1S/C20H28N6/c1-16(2)14-24-8-6-18-17(15-24)13-22-20(23-18)26-11-9-25(10-12-26)19-5-3-4-7-21-19/h3-5,7,13,16H,6,8-12,14-15H2,1-2H3.